The number of hydrogen-bond acceptors (Lipinski definition) is 4. The summed E-state index contributed by atoms with van der Waals surface area (Å²) in [7, 11) is 1.90. The Morgan fingerprint density at radius 3 is 2.92 bits per heavy atom. The fraction of sp³-hybridized carbons (Fsp3) is 0.556. The molecule has 0 unspecified atom stereocenters. The van der Waals surface area contributed by atoms with Crippen LogP contribution in [0.2, 0.25) is 0 Å². The Bertz CT molecular complexity index is 249. The van der Waals surface area contributed by atoms with Crippen LogP contribution in [0.25, 0.3) is 0 Å². The van der Waals surface area contributed by atoms with E-state index in [2.05, 4.69) is 27.5 Å². The molecular weight excluding hydrogens is 164 g/mol. The first-order valence-corrected chi connectivity index (χ1v) is 4.56. The molecule has 0 aromatic carbocycles. The average molecular weight is 180 g/mol. The average Bonchev–Trinajstić information content (AvgIpc) is 2.16. The van der Waals surface area contributed by atoms with Crippen LogP contribution in [0.3, 0.4) is 0 Å². The molecule has 72 valence electrons. The Morgan fingerprint density at radius 2 is 2.23 bits per heavy atom. The highest BCUT2D eigenvalue weighted by Gasteiger charge is 1.95. The number of nitrogens with zero attached hydrogens (tertiary/aromatic N) is 2. The zero-order valence-electron chi connectivity index (χ0n) is 8.17. The maximum absolute atomic E-state index is 4.36. The first-order chi connectivity index (χ1) is 6.36. The van der Waals surface area contributed by atoms with Crippen LogP contribution in [0.4, 0.5) is 5.82 Å². The molecule has 0 fully saturated rings. The van der Waals surface area contributed by atoms with Gasteiger partial charge in [-0.1, -0.05) is 6.92 Å². The van der Waals surface area contributed by atoms with Crippen molar-refractivity contribution in [3.05, 3.63) is 18.1 Å². The van der Waals surface area contributed by atoms with Gasteiger partial charge in [0.2, 0.25) is 0 Å². The van der Waals surface area contributed by atoms with Gasteiger partial charge in [-0.15, -0.1) is 0 Å². The molecule has 0 aliphatic rings. The molecular formula is C9H16N4. The lowest BCUT2D eigenvalue weighted by Crippen LogP contribution is -2.09. The van der Waals surface area contributed by atoms with Crippen molar-refractivity contribution < 1.29 is 0 Å². The fourth-order valence-corrected chi connectivity index (χ4v) is 1.01. The van der Waals surface area contributed by atoms with E-state index in [9.17, 15) is 0 Å². The molecule has 1 rings (SSSR count). The summed E-state index contributed by atoms with van der Waals surface area (Å²) >= 11 is 0. The van der Waals surface area contributed by atoms with Crippen molar-refractivity contribution in [1.82, 2.24) is 15.3 Å². The molecule has 0 atom stereocenters. The molecule has 2 N–H and O–H groups in total. The van der Waals surface area contributed by atoms with E-state index in [1.54, 1.807) is 12.4 Å². The third-order valence-corrected chi connectivity index (χ3v) is 1.60. The smallest absolute Gasteiger partial charge is 0.144 e. The Hall–Kier alpha value is -1.16. The SMILES string of the molecule is CCCNc1cncc(CNC)n1. The minimum absolute atomic E-state index is 0.759. The van der Waals surface area contributed by atoms with Crippen molar-refractivity contribution in [1.29, 1.82) is 0 Å². The van der Waals surface area contributed by atoms with E-state index in [4.69, 9.17) is 0 Å². The molecule has 1 aromatic heterocycles. The molecule has 0 aliphatic heterocycles. The van der Waals surface area contributed by atoms with Gasteiger partial charge in [-0.2, -0.15) is 0 Å². The van der Waals surface area contributed by atoms with E-state index in [1.807, 2.05) is 7.05 Å². The summed E-state index contributed by atoms with van der Waals surface area (Å²) in [6, 6.07) is 0. The summed E-state index contributed by atoms with van der Waals surface area (Å²) in [6.07, 6.45) is 4.61. The van der Waals surface area contributed by atoms with Crippen LogP contribution >= 0.6 is 0 Å². The largest absolute Gasteiger partial charge is 0.369 e. The van der Waals surface area contributed by atoms with Crippen LogP contribution in [0.1, 0.15) is 19.0 Å². The van der Waals surface area contributed by atoms with Gasteiger partial charge in [0, 0.05) is 19.3 Å². The molecule has 4 nitrogen and oxygen atoms in total. The first kappa shape index (κ1) is 9.92. The number of aromatic nitrogens is 2. The van der Waals surface area contributed by atoms with Crippen LogP contribution in [-0.4, -0.2) is 23.6 Å². The van der Waals surface area contributed by atoms with Crippen molar-refractivity contribution in [3.63, 3.8) is 0 Å². The molecule has 0 amide bonds. The normalized spacial score (nSPS) is 10.0. The molecule has 0 saturated heterocycles. The highest BCUT2D eigenvalue weighted by Crippen LogP contribution is 2.01. The van der Waals surface area contributed by atoms with Gasteiger partial charge < -0.3 is 10.6 Å². The molecule has 1 aromatic rings. The van der Waals surface area contributed by atoms with E-state index in [-0.39, 0.29) is 0 Å². The summed E-state index contributed by atoms with van der Waals surface area (Å²) in [5, 5.41) is 6.23. The fourth-order valence-electron chi connectivity index (χ4n) is 1.01. The van der Waals surface area contributed by atoms with E-state index in [1.165, 1.54) is 0 Å². The number of rotatable bonds is 5. The molecule has 13 heavy (non-hydrogen) atoms. The second-order valence-corrected chi connectivity index (χ2v) is 2.85. The van der Waals surface area contributed by atoms with Gasteiger partial charge in [0.15, 0.2) is 0 Å². The van der Waals surface area contributed by atoms with Gasteiger partial charge in [-0.3, -0.25) is 4.98 Å². The lowest BCUT2D eigenvalue weighted by atomic mass is 10.4. The van der Waals surface area contributed by atoms with Gasteiger partial charge in [0.1, 0.15) is 5.82 Å². The Labute approximate surface area is 78.8 Å². The summed E-state index contributed by atoms with van der Waals surface area (Å²) in [4.78, 5) is 8.46. The predicted octanol–water partition coefficient (Wildman–Crippen LogP) is 1.02. The maximum atomic E-state index is 4.36. The lowest BCUT2D eigenvalue weighted by molar-refractivity contribution is 0.784. The molecule has 0 spiro atoms. The quantitative estimate of drug-likeness (QED) is 0.710. The highest BCUT2D eigenvalue weighted by molar-refractivity contribution is 5.31. The van der Waals surface area contributed by atoms with Crippen molar-refractivity contribution in [2.45, 2.75) is 19.9 Å². The van der Waals surface area contributed by atoms with Gasteiger partial charge in [-0.25, -0.2) is 4.98 Å². The lowest BCUT2D eigenvalue weighted by Gasteiger charge is -2.04. The minimum Gasteiger partial charge on any atom is -0.369 e. The topological polar surface area (TPSA) is 49.8 Å². The van der Waals surface area contributed by atoms with Crippen LogP contribution < -0.4 is 10.6 Å². The molecule has 1 heterocycles. The Kier molecular flexibility index (Phi) is 4.18. The third kappa shape index (κ3) is 3.38. The zero-order chi connectivity index (χ0) is 9.52. The molecule has 4 heteroatoms. The molecule has 0 saturated carbocycles. The third-order valence-electron chi connectivity index (χ3n) is 1.60. The number of hydrogen-bond donors (Lipinski definition) is 2. The van der Waals surface area contributed by atoms with E-state index in [0.29, 0.717) is 0 Å². The van der Waals surface area contributed by atoms with Gasteiger partial charge >= 0.3 is 0 Å². The van der Waals surface area contributed by atoms with Gasteiger partial charge in [-0.05, 0) is 13.5 Å². The Morgan fingerprint density at radius 1 is 1.38 bits per heavy atom. The van der Waals surface area contributed by atoms with Crippen LogP contribution in [0.15, 0.2) is 12.4 Å². The first-order valence-electron chi connectivity index (χ1n) is 4.56. The molecule has 0 aliphatic carbocycles. The van der Waals surface area contributed by atoms with Crippen LogP contribution in [-0.2, 0) is 6.54 Å². The summed E-state index contributed by atoms with van der Waals surface area (Å²) < 4.78 is 0. The summed E-state index contributed by atoms with van der Waals surface area (Å²) in [6.45, 7) is 3.82. The molecule has 0 radical (unpaired) electrons. The van der Waals surface area contributed by atoms with Crippen molar-refractivity contribution in [2.24, 2.45) is 0 Å². The summed E-state index contributed by atoms with van der Waals surface area (Å²) in [5.41, 5.74) is 0.962. The van der Waals surface area contributed by atoms with Crippen molar-refractivity contribution >= 4 is 5.82 Å². The van der Waals surface area contributed by atoms with Crippen molar-refractivity contribution in [3.8, 4) is 0 Å². The van der Waals surface area contributed by atoms with Crippen LogP contribution in [0.5, 0.6) is 0 Å². The number of anilines is 1. The van der Waals surface area contributed by atoms with E-state index >= 15 is 0 Å². The Balaban J connectivity index is 2.56. The van der Waals surface area contributed by atoms with E-state index in [0.717, 1.165) is 31.0 Å². The zero-order valence-corrected chi connectivity index (χ0v) is 8.17. The van der Waals surface area contributed by atoms with Gasteiger partial charge in [0.05, 0.1) is 11.9 Å². The minimum atomic E-state index is 0.759. The second-order valence-electron chi connectivity index (χ2n) is 2.85. The molecule has 0 bridgehead atoms. The standard InChI is InChI=1S/C9H16N4/c1-3-4-12-9-7-11-6-8(13-9)5-10-2/h6-7,10H,3-5H2,1-2H3,(H,12,13). The monoisotopic (exact) mass is 180 g/mol. The number of nitrogens with one attached hydrogen (secondary N) is 2. The van der Waals surface area contributed by atoms with Crippen molar-refractivity contribution in [2.75, 3.05) is 18.9 Å². The predicted molar refractivity (Wildman–Crippen MR) is 53.6 cm³/mol. The van der Waals surface area contributed by atoms with Gasteiger partial charge in [0.25, 0.3) is 0 Å². The second kappa shape index (κ2) is 5.48. The maximum Gasteiger partial charge on any atom is 0.144 e. The van der Waals surface area contributed by atoms with Crippen LogP contribution in [0, 0.1) is 0 Å². The summed E-state index contributed by atoms with van der Waals surface area (Å²) in [5.74, 6) is 0.856. The van der Waals surface area contributed by atoms with E-state index < -0.39 is 0 Å². The highest BCUT2D eigenvalue weighted by atomic mass is 15.0.